The summed E-state index contributed by atoms with van der Waals surface area (Å²) in [7, 11) is 0. The van der Waals surface area contributed by atoms with Crippen LogP contribution in [0.5, 0.6) is 0 Å². The second-order valence-electron chi connectivity index (χ2n) is 7.21. The molecule has 1 heterocycles. The van der Waals surface area contributed by atoms with E-state index < -0.39 is 5.92 Å². The van der Waals surface area contributed by atoms with Crippen molar-refractivity contribution in [2.45, 2.75) is 39.5 Å². The van der Waals surface area contributed by atoms with E-state index in [4.69, 9.17) is 0 Å². The number of hydrogen-bond donors (Lipinski definition) is 1. The van der Waals surface area contributed by atoms with Gasteiger partial charge >= 0.3 is 0 Å². The van der Waals surface area contributed by atoms with Crippen LogP contribution in [0.4, 0.5) is 4.39 Å². The van der Waals surface area contributed by atoms with E-state index in [1.807, 2.05) is 6.92 Å². The van der Waals surface area contributed by atoms with Crippen LogP contribution in [0.1, 0.15) is 45.1 Å². The van der Waals surface area contributed by atoms with E-state index in [9.17, 15) is 14.4 Å². The molecule has 3 rings (SSSR count). The Balaban J connectivity index is 2.24. The number of carbonyl (C=O) groups excluding carboxylic acids is 1. The van der Waals surface area contributed by atoms with Crippen LogP contribution in [-0.4, -0.2) is 5.78 Å². The van der Waals surface area contributed by atoms with E-state index in [0.29, 0.717) is 35.2 Å². The van der Waals surface area contributed by atoms with Crippen molar-refractivity contribution >= 4 is 28.4 Å². The van der Waals surface area contributed by atoms with Gasteiger partial charge in [0.15, 0.2) is 5.78 Å². The number of carbonyl (C=O) groups is 1. The first kappa shape index (κ1) is 17.2. The van der Waals surface area contributed by atoms with E-state index in [1.54, 1.807) is 12.1 Å². The lowest BCUT2D eigenvalue weighted by Gasteiger charge is -2.38. The maximum Gasteiger partial charge on any atom is 0.162 e. The Labute approximate surface area is 154 Å². The van der Waals surface area contributed by atoms with Crippen molar-refractivity contribution in [2.75, 3.05) is 0 Å². The number of nitrogens with one attached hydrogen (secondary N) is 1. The molecule has 0 amide bonds. The molecule has 5 heteroatoms. The molecule has 0 saturated heterocycles. The highest BCUT2D eigenvalue weighted by molar-refractivity contribution is 14.1. The zero-order chi connectivity index (χ0) is 17.6. The number of rotatable bonds is 1. The normalized spacial score (nSPS) is 22.8. The molecule has 0 fully saturated rings. The van der Waals surface area contributed by atoms with Gasteiger partial charge in [-0.25, -0.2) is 4.39 Å². The maximum atomic E-state index is 14.5. The average Bonchev–Trinajstić information content (AvgIpc) is 2.47. The molecule has 0 aromatic heterocycles. The lowest BCUT2D eigenvalue weighted by atomic mass is 9.69. The second kappa shape index (κ2) is 5.99. The van der Waals surface area contributed by atoms with E-state index in [0.717, 1.165) is 9.27 Å². The maximum absolute atomic E-state index is 14.5. The summed E-state index contributed by atoms with van der Waals surface area (Å²) in [6.07, 6.45) is 1.12. The van der Waals surface area contributed by atoms with Gasteiger partial charge in [-0.05, 0) is 59.5 Å². The molecule has 0 spiro atoms. The highest BCUT2D eigenvalue weighted by Crippen LogP contribution is 2.46. The summed E-state index contributed by atoms with van der Waals surface area (Å²) in [4.78, 5) is 12.8. The van der Waals surface area contributed by atoms with Gasteiger partial charge in [0.1, 0.15) is 5.82 Å². The molecule has 1 aliphatic carbocycles. The van der Waals surface area contributed by atoms with Gasteiger partial charge in [-0.1, -0.05) is 13.8 Å². The number of dihydropyridines is 1. The van der Waals surface area contributed by atoms with Gasteiger partial charge in [-0.2, -0.15) is 5.26 Å². The average molecular weight is 436 g/mol. The first-order chi connectivity index (χ1) is 11.2. The minimum atomic E-state index is -0.621. The molecule has 1 aromatic rings. The number of nitrogens with zero attached hydrogens (tertiary/aromatic N) is 1. The summed E-state index contributed by atoms with van der Waals surface area (Å²) >= 11 is 2.12. The minimum absolute atomic E-state index is 0.00254. The predicted octanol–water partition coefficient (Wildman–Crippen LogP) is 4.56. The zero-order valence-electron chi connectivity index (χ0n) is 13.8. The van der Waals surface area contributed by atoms with Gasteiger partial charge in [0.05, 0.1) is 17.6 Å². The number of halogens is 2. The molecule has 1 aliphatic heterocycles. The number of Topliss-reactive ketones (excluding diaryl/α,β-unsaturated/α-hetero) is 1. The zero-order valence-corrected chi connectivity index (χ0v) is 16.0. The summed E-state index contributed by atoms with van der Waals surface area (Å²) in [5.74, 6) is -1.01. The van der Waals surface area contributed by atoms with E-state index in [2.05, 4.69) is 47.8 Å². The molecular formula is C19H18FIN2O. The standard InChI is InChI=1S/C19H18FIN2O/c1-10-13(9-22)17(12-6-11(21)4-5-14(12)20)18-15(23-10)7-19(2,3)8-16(18)24/h4-6,17,23H,7-8H2,1-3H3/t17-/m0/s1. The largest absolute Gasteiger partial charge is 0.361 e. The quantitative estimate of drug-likeness (QED) is 0.657. The molecule has 0 bridgehead atoms. The molecule has 3 nitrogen and oxygen atoms in total. The number of ketones is 1. The topological polar surface area (TPSA) is 52.9 Å². The van der Waals surface area contributed by atoms with Crippen LogP contribution in [0.25, 0.3) is 0 Å². The monoisotopic (exact) mass is 436 g/mol. The lowest BCUT2D eigenvalue weighted by molar-refractivity contribution is -0.118. The lowest BCUT2D eigenvalue weighted by Crippen LogP contribution is -2.37. The fourth-order valence-electron chi connectivity index (χ4n) is 3.63. The minimum Gasteiger partial charge on any atom is -0.361 e. The van der Waals surface area contributed by atoms with Crippen molar-refractivity contribution < 1.29 is 9.18 Å². The Kier molecular flexibility index (Phi) is 4.28. The van der Waals surface area contributed by atoms with Gasteiger partial charge in [-0.3, -0.25) is 4.79 Å². The van der Waals surface area contributed by atoms with Crippen LogP contribution in [0.2, 0.25) is 0 Å². The van der Waals surface area contributed by atoms with E-state index in [-0.39, 0.29) is 17.0 Å². The third-order valence-electron chi connectivity index (χ3n) is 4.63. The Hall–Kier alpha value is -1.68. The van der Waals surface area contributed by atoms with Crippen molar-refractivity contribution in [2.24, 2.45) is 5.41 Å². The van der Waals surface area contributed by atoms with Crippen LogP contribution in [0.3, 0.4) is 0 Å². The van der Waals surface area contributed by atoms with Crippen LogP contribution in [0, 0.1) is 26.1 Å². The van der Waals surface area contributed by atoms with Crippen molar-refractivity contribution in [3.05, 3.63) is 55.7 Å². The van der Waals surface area contributed by atoms with Crippen LogP contribution >= 0.6 is 22.6 Å². The van der Waals surface area contributed by atoms with E-state index in [1.165, 1.54) is 6.07 Å². The van der Waals surface area contributed by atoms with Gasteiger partial charge in [0.25, 0.3) is 0 Å². The SMILES string of the molecule is CC1=C(C#N)[C@H](c2cc(I)ccc2F)C2=C(CC(C)(C)CC2=O)N1. The van der Waals surface area contributed by atoms with Crippen LogP contribution in [0.15, 0.2) is 40.7 Å². The molecule has 2 aliphatic rings. The number of hydrogen-bond acceptors (Lipinski definition) is 3. The van der Waals surface area contributed by atoms with Gasteiger partial charge in [-0.15, -0.1) is 0 Å². The first-order valence-electron chi connectivity index (χ1n) is 7.82. The Morgan fingerprint density at radius 3 is 2.75 bits per heavy atom. The number of benzene rings is 1. The summed E-state index contributed by atoms with van der Waals surface area (Å²) in [5.41, 5.74) is 2.77. The molecule has 0 unspecified atom stereocenters. The fraction of sp³-hybridized carbons (Fsp3) is 0.368. The second-order valence-corrected chi connectivity index (χ2v) is 8.45. The summed E-state index contributed by atoms with van der Waals surface area (Å²) in [5, 5.41) is 12.9. The van der Waals surface area contributed by atoms with E-state index >= 15 is 0 Å². The number of nitriles is 1. The first-order valence-corrected chi connectivity index (χ1v) is 8.90. The summed E-state index contributed by atoms with van der Waals surface area (Å²) in [6, 6.07) is 7.00. The Morgan fingerprint density at radius 1 is 1.38 bits per heavy atom. The van der Waals surface area contributed by atoms with Gasteiger partial charge < -0.3 is 5.32 Å². The molecule has 1 atom stereocenters. The molecule has 0 radical (unpaired) electrons. The highest BCUT2D eigenvalue weighted by atomic mass is 127. The Bertz CT molecular complexity index is 845. The molecule has 24 heavy (non-hydrogen) atoms. The molecular weight excluding hydrogens is 418 g/mol. The van der Waals surface area contributed by atoms with Gasteiger partial charge in [0.2, 0.25) is 0 Å². The van der Waals surface area contributed by atoms with Crippen molar-refractivity contribution in [1.29, 1.82) is 5.26 Å². The smallest absolute Gasteiger partial charge is 0.162 e. The molecule has 124 valence electrons. The molecule has 0 saturated carbocycles. The highest BCUT2D eigenvalue weighted by Gasteiger charge is 2.41. The van der Waals surface area contributed by atoms with Crippen molar-refractivity contribution in [3.63, 3.8) is 0 Å². The van der Waals surface area contributed by atoms with Crippen molar-refractivity contribution in [3.8, 4) is 6.07 Å². The summed E-state index contributed by atoms with van der Waals surface area (Å²) in [6.45, 7) is 5.92. The molecule has 1 aromatic carbocycles. The summed E-state index contributed by atoms with van der Waals surface area (Å²) < 4.78 is 15.4. The fourth-order valence-corrected chi connectivity index (χ4v) is 4.15. The Morgan fingerprint density at radius 2 is 2.08 bits per heavy atom. The van der Waals surface area contributed by atoms with Crippen LogP contribution in [-0.2, 0) is 4.79 Å². The van der Waals surface area contributed by atoms with Gasteiger partial charge in [0, 0.05) is 32.5 Å². The third kappa shape index (κ3) is 2.88. The third-order valence-corrected chi connectivity index (χ3v) is 5.30. The van der Waals surface area contributed by atoms with Crippen LogP contribution < -0.4 is 5.32 Å². The van der Waals surface area contributed by atoms with Crippen molar-refractivity contribution in [1.82, 2.24) is 5.32 Å². The number of allylic oxidation sites excluding steroid dienone is 4. The predicted molar refractivity (Wildman–Crippen MR) is 98.4 cm³/mol. The molecule has 1 N–H and O–H groups in total.